The zero-order chi connectivity index (χ0) is 59.2. The summed E-state index contributed by atoms with van der Waals surface area (Å²) in [5, 5.41) is 39.1. The number of carbonyl (C=O) groups is 4. The molecule has 0 spiro atoms. The monoisotopic (exact) mass is 1130 g/mol. The molecule has 3 aliphatic heterocycles. The number of carbonyl (C=O) groups excluding carboxylic acids is 4. The van der Waals surface area contributed by atoms with Gasteiger partial charge >= 0.3 is 17.9 Å². The van der Waals surface area contributed by atoms with Crippen LogP contribution in [-0.2, 0) is 70.0 Å². The van der Waals surface area contributed by atoms with Gasteiger partial charge in [-0.2, -0.15) is 0 Å². The first-order valence-electron chi connectivity index (χ1n) is 29.1. The molecule has 0 bridgehead atoms. The van der Waals surface area contributed by atoms with E-state index in [0.29, 0.717) is 56.8 Å². The molecule has 1 aromatic carbocycles. The SMILES string of the molecule is CC[C@@H]1OC(=O)[C@H](C)[C@@H](O[C@H]2C[C@](C)(OC)[C@H](OC(=O)CCNCCCc3ccc4c(c3)c(=O)c(C(=O)OCC3CC3)cn4CC)[C@H](C)O2)[C@@H](C)[C@@H](O[C@@H]2O[C@H](C)C[C@H](N(C)C)[C@@H]2O)[C@](C)(OC)C[C@H](C)C(=O)[C@H](C)[C@@H](O)[C@]1(C)O. The van der Waals surface area contributed by atoms with Crippen molar-refractivity contribution in [2.45, 2.75) is 225 Å². The van der Waals surface area contributed by atoms with Gasteiger partial charge in [0.05, 0.1) is 60.6 Å². The number of hydrogen-bond acceptors (Lipinski definition) is 19. The number of aromatic nitrogens is 1. The topological polar surface area (TPSA) is 249 Å². The third-order valence-electron chi connectivity index (χ3n) is 17.7. The molecule has 0 unspecified atom stereocenters. The molecule has 20 nitrogen and oxygen atoms in total. The molecule has 2 aromatic rings. The van der Waals surface area contributed by atoms with Gasteiger partial charge in [-0.15, -0.1) is 0 Å². The summed E-state index contributed by atoms with van der Waals surface area (Å²) in [5.74, 6) is -5.50. The molecule has 18 atom stereocenters. The molecule has 4 aliphatic rings. The number of aliphatic hydroxyl groups is 3. The number of esters is 3. The molecule has 80 heavy (non-hydrogen) atoms. The van der Waals surface area contributed by atoms with E-state index in [9.17, 15) is 39.3 Å². The van der Waals surface area contributed by atoms with E-state index in [2.05, 4.69) is 5.32 Å². The summed E-state index contributed by atoms with van der Waals surface area (Å²) >= 11 is 0. The highest BCUT2D eigenvalue weighted by Gasteiger charge is 2.55. The molecule has 452 valence electrons. The van der Waals surface area contributed by atoms with Gasteiger partial charge in [0.25, 0.3) is 0 Å². The third kappa shape index (κ3) is 15.1. The first-order chi connectivity index (χ1) is 37.6. The number of hydrogen-bond donors (Lipinski definition) is 4. The zero-order valence-electron chi connectivity index (χ0n) is 50.2. The highest BCUT2D eigenvalue weighted by molar-refractivity contribution is 5.94. The third-order valence-corrected chi connectivity index (χ3v) is 17.7. The number of Topliss-reactive ketones (excluding diaryl/α,β-unsaturated/α-hetero) is 1. The maximum absolute atomic E-state index is 14.6. The molecule has 20 heteroatoms. The summed E-state index contributed by atoms with van der Waals surface area (Å²) in [4.78, 5) is 70.7. The van der Waals surface area contributed by atoms with Gasteiger partial charge in [-0.05, 0) is 138 Å². The van der Waals surface area contributed by atoms with Crippen LogP contribution in [0.25, 0.3) is 10.9 Å². The number of aliphatic hydroxyl groups excluding tert-OH is 2. The number of pyridine rings is 1. The maximum atomic E-state index is 14.6. The van der Waals surface area contributed by atoms with Gasteiger partial charge < -0.3 is 72.7 Å². The number of methoxy groups -OCH3 is 2. The molecule has 0 amide bonds. The minimum absolute atomic E-state index is 0.0384. The van der Waals surface area contributed by atoms with E-state index in [1.807, 2.05) is 62.5 Å². The van der Waals surface area contributed by atoms with Crippen LogP contribution in [0.2, 0.25) is 0 Å². The second-order valence-electron chi connectivity index (χ2n) is 24.3. The molecule has 1 aromatic heterocycles. The predicted octanol–water partition coefficient (Wildman–Crippen LogP) is 5.50. The van der Waals surface area contributed by atoms with Gasteiger partial charge in [0, 0.05) is 69.1 Å². The lowest BCUT2D eigenvalue weighted by molar-refractivity contribution is -0.320. The Morgan fingerprint density at radius 2 is 1.56 bits per heavy atom. The molecular formula is C60H95N3O17. The average molecular weight is 1130 g/mol. The number of aryl methyl sites for hydroxylation is 2. The normalized spacial score (nSPS) is 36.8. The lowest BCUT2D eigenvalue weighted by Gasteiger charge is -2.50. The number of fused-ring (bicyclic) bond motifs is 1. The fourth-order valence-electron chi connectivity index (χ4n) is 12.3. The average Bonchev–Trinajstić information content (AvgIpc) is 4.31. The number of cyclic esters (lactones) is 1. The van der Waals surface area contributed by atoms with Crippen molar-refractivity contribution < 1.29 is 77.1 Å². The Kier molecular flexibility index (Phi) is 22.5. The summed E-state index contributed by atoms with van der Waals surface area (Å²) in [6, 6.07) is 5.41. The molecule has 4 N–H and O–H groups in total. The Bertz CT molecular complexity index is 2480. The van der Waals surface area contributed by atoms with Crippen molar-refractivity contribution in [1.82, 2.24) is 14.8 Å². The lowest BCUT2D eigenvalue weighted by atomic mass is 9.74. The van der Waals surface area contributed by atoms with Crippen LogP contribution in [-0.4, -0.2) is 181 Å². The van der Waals surface area contributed by atoms with Crippen LogP contribution in [0.15, 0.2) is 29.2 Å². The van der Waals surface area contributed by atoms with Crippen LogP contribution < -0.4 is 10.7 Å². The number of benzene rings is 1. The van der Waals surface area contributed by atoms with Crippen LogP contribution in [0.3, 0.4) is 0 Å². The Hall–Kier alpha value is -3.93. The molecule has 3 saturated heterocycles. The Labute approximate surface area is 473 Å². The van der Waals surface area contributed by atoms with Gasteiger partial charge in [0.2, 0.25) is 5.43 Å². The van der Waals surface area contributed by atoms with Gasteiger partial charge in [0.15, 0.2) is 18.7 Å². The van der Waals surface area contributed by atoms with Gasteiger partial charge in [-0.3, -0.25) is 19.2 Å². The number of nitrogens with zero attached hydrogens (tertiary/aromatic N) is 2. The summed E-state index contributed by atoms with van der Waals surface area (Å²) in [7, 11) is 6.75. The highest BCUT2D eigenvalue weighted by Crippen LogP contribution is 2.42. The second-order valence-corrected chi connectivity index (χ2v) is 24.3. The van der Waals surface area contributed by atoms with E-state index in [0.717, 1.165) is 23.9 Å². The number of rotatable bonds is 20. The molecule has 1 aliphatic carbocycles. The summed E-state index contributed by atoms with van der Waals surface area (Å²) in [6.45, 7) is 20.8. The first-order valence-corrected chi connectivity index (χ1v) is 29.1. The zero-order valence-corrected chi connectivity index (χ0v) is 50.2. The minimum atomic E-state index is -2.03. The lowest BCUT2D eigenvalue weighted by Crippen LogP contribution is -2.61. The highest BCUT2D eigenvalue weighted by atomic mass is 16.7. The molecule has 4 heterocycles. The van der Waals surface area contributed by atoms with Crippen molar-refractivity contribution in [2.75, 3.05) is 48.0 Å². The molecular weight excluding hydrogens is 1030 g/mol. The Morgan fingerprint density at radius 1 is 0.887 bits per heavy atom. The largest absolute Gasteiger partial charge is 0.462 e. The van der Waals surface area contributed by atoms with Crippen molar-refractivity contribution in [3.8, 4) is 0 Å². The van der Waals surface area contributed by atoms with E-state index >= 15 is 0 Å². The van der Waals surface area contributed by atoms with Crippen molar-refractivity contribution in [2.24, 2.45) is 29.6 Å². The number of ketones is 1. The smallest absolute Gasteiger partial charge is 0.343 e. The quantitative estimate of drug-likeness (QED) is 0.0725. The van der Waals surface area contributed by atoms with Crippen LogP contribution in [0.4, 0.5) is 0 Å². The Morgan fingerprint density at radius 3 is 2.19 bits per heavy atom. The number of likely N-dealkylation sites (N-methyl/N-ethyl adjacent to an activating group) is 1. The first kappa shape index (κ1) is 65.2. The fourth-order valence-corrected chi connectivity index (χ4v) is 12.3. The molecule has 6 rings (SSSR count). The molecule has 1 saturated carbocycles. The Balaban J connectivity index is 1.16. The fraction of sp³-hybridized carbons (Fsp3) is 0.783. The van der Waals surface area contributed by atoms with Gasteiger partial charge in [-0.25, -0.2) is 4.79 Å². The summed E-state index contributed by atoms with van der Waals surface area (Å²) < 4.78 is 58.8. The van der Waals surface area contributed by atoms with Crippen molar-refractivity contribution in [3.63, 3.8) is 0 Å². The number of ether oxygens (including phenoxy) is 9. The maximum Gasteiger partial charge on any atom is 0.343 e. The van der Waals surface area contributed by atoms with E-state index in [1.165, 1.54) is 21.1 Å². The number of nitrogens with one attached hydrogen (secondary N) is 1. The summed E-state index contributed by atoms with van der Waals surface area (Å²) in [5.41, 5.74) is -3.11. The van der Waals surface area contributed by atoms with E-state index in [4.69, 9.17) is 42.6 Å². The van der Waals surface area contributed by atoms with Crippen LogP contribution >= 0.6 is 0 Å². The van der Waals surface area contributed by atoms with Crippen LogP contribution in [0.1, 0.15) is 143 Å². The summed E-state index contributed by atoms with van der Waals surface area (Å²) in [6.07, 6.45) is -4.45. The van der Waals surface area contributed by atoms with Gasteiger partial charge in [0.1, 0.15) is 34.8 Å². The van der Waals surface area contributed by atoms with E-state index in [-0.39, 0.29) is 54.6 Å². The minimum Gasteiger partial charge on any atom is -0.462 e. The van der Waals surface area contributed by atoms with E-state index in [1.54, 1.807) is 54.7 Å². The van der Waals surface area contributed by atoms with E-state index < -0.39 is 114 Å². The molecule has 4 fully saturated rings. The van der Waals surface area contributed by atoms with Crippen molar-refractivity contribution >= 4 is 34.6 Å². The second kappa shape index (κ2) is 27.6. The standard InChI is InChI=1S/C60H95N3O17/c1-16-45-60(11,71)52(68)35(5)48(65)33(3)29-58(9,72-14)53(80-57-50(67)44(62(12)13)27-34(4)75-57)36(6)51(37(7)55(69)77-45)79-47-30-59(10,73-15)54(38(8)76-47)78-46(64)24-26-61-25-18-19-39-22-23-43-41(28-39)49(66)42(31-63(43)17-2)56(70)74-32-40-20-21-40/h22-23,28,31,33-38,40,44-45,47,50-54,57,61,67-68,71H,16-21,24-27,29-30,32H2,1-15H3/t33-,34+,35-,36+,37+,38-,44-,45-,47-,50-,51-,52+,53+,54+,57-,58+,59-,60+/m0/s1. The predicted molar refractivity (Wildman–Crippen MR) is 298 cm³/mol. The van der Waals surface area contributed by atoms with Crippen LogP contribution in [0.5, 0.6) is 0 Å². The van der Waals surface area contributed by atoms with Crippen molar-refractivity contribution in [1.29, 1.82) is 0 Å². The van der Waals surface area contributed by atoms with Crippen LogP contribution in [0, 0.1) is 29.6 Å². The van der Waals surface area contributed by atoms with Gasteiger partial charge in [-0.1, -0.05) is 33.8 Å². The van der Waals surface area contributed by atoms with Crippen molar-refractivity contribution in [3.05, 3.63) is 45.7 Å². The molecule has 0 radical (unpaired) electrons.